The average Bonchev–Trinajstić information content (AvgIpc) is 2.29. The minimum atomic E-state index is 0.462. The summed E-state index contributed by atoms with van der Waals surface area (Å²) in [5.41, 5.74) is 0. The topological polar surface area (TPSA) is 20.2 Å². The van der Waals surface area contributed by atoms with E-state index in [0.29, 0.717) is 5.76 Å². The van der Waals surface area contributed by atoms with E-state index in [1.165, 1.54) is 25.7 Å². The number of rotatable bonds is 0. The summed E-state index contributed by atoms with van der Waals surface area (Å²) < 4.78 is 0. The van der Waals surface area contributed by atoms with Gasteiger partial charge in [0.25, 0.3) is 0 Å². The lowest BCUT2D eigenvalue weighted by Gasteiger charge is -2.27. The maximum Gasteiger partial charge on any atom is 0.111 e. The molecule has 1 unspecified atom stereocenters. The molecule has 0 aliphatic heterocycles. The van der Waals surface area contributed by atoms with Crippen LogP contribution in [0.5, 0.6) is 0 Å². The number of hydrogen-bond acceptors (Lipinski definition) is 1. The van der Waals surface area contributed by atoms with Gasteiger partial charge in [0.15, 0.2) is 0 Å². The van der Waals surface area contributed by atoms with Crippen LogP contribution < -0.4 is 0 Å². The van der Waals surface area contributed by atoms with Crippen molar-refractivity contribution in [2.75, 3.05) is 0 Å². The first kappa shape index (κ1) is 7.90. The summed E-state index contributed by atoms with van der Waals surface area (Å²) in [6.45, 7) is 0. The fraction of sp³-hybridized carbons (Fsp3) is 0.636. The Kier molecular flexibility index (Phi) is 2.20. The molecule has 0 saturated heterocycles. The van der Waals surface area contributed by atoms with Crippen molar-refractivity contribution in [3.8, 4) is 0 Å². The van der Waals surface area contributed by atoms with Gasteiger partial charge in [0.1, 0.15) is 5.76 Å². The number of allylic oxidation sites excluding steroid dienone is 3. The highest BCUT2D eigenvalue weighted by molar-refractivity contribution is 5.15. The molecule has 0 aromatic heterocycles. The summed E-state index contributed by atoms with van der Waals surface area (Å²) in [5, 5.41) is 9.31. The highest BCUT2D eigenvalue weighted by Crippen LogP contribution is 2.35. The second-order valence-electron chi connectivity index (χ2n) is 3.93. The molecule has 2 aliphatic rings. The van der Waals surface area contributed by atoms with E-state index in [2.05, 4.69) is 6.08 Å². The van der Waals surface area contributed by atoms with Gasteiger partial charge in [0.05, 0.1) is 0 Å². The van der Waals surface area contributed by atoms with Crippen molar-refractivity contribution in [2.45, 2.75) is 32.1 Å². The van der Waals surface area contributed by atoms with Crippen molar-refractivity contribution in [2.24, 2.45) is 11.8 Å². The smallest absolute Gasteiger partial charge is 0.111 e. The molecule has 1 saturated carbocycles. The van der Waals surface area contributed by atoms with Crippen molar-refractivity contribution in [3.63, 3.8) is 0 Å². The predicted octanol–water partition coefficient (Wildman–Crippen LogP) is 3.19. The van der Waals surface area contributed by atoms with Crippen LogP contribution in [-0.2, 0) is 0 Å². The Labute approximate surface area is 73.8 Å². The molecule has 0 aromatic rings. The van der Waals surface area contributed by atoms with Crippen molar-refractivity contribution in [1.82, 2.24) is 0 Å². The van der Waals surface area contributed by atoms with Gasteiger partial charge < -0.3 is 5.11 Å². The predicted molar refractivity (Wildman–Crippen MR) is 49.9 cm³/mol. The van der Waals surface area contributed by atoms with Gasteiger partial charge in [-0.15, -0.1) is 0 Å². The molecule has 0 bridgehead atoms. The van der Waals surface area contributed by atoms with E-state index in [4.69, 9.17) is 0 Å². The Morgan fingerprint density at radius 1 is 1.25 bits per heavy atom. The minimum absolute atomic E-state index is 0.462. The standard InChI is InChI=1S/C11H16O/c12-11-7-5-9-3-1-2-4-10(9)6-8-11/h5,7-10,12H,1-4,6H2/t9?,10-/m1/s1. The van der Waals surface area contributed by atoms with E-state index < -0.39 is 0 Å². The first-order chi connectivity index (χ1) is 5.86. The molecule has 12 heavy (non-hydrogen) atoms. The van der Waals surface area contributed by atoms with Crippen LogP contribution in [0.4, 0.5) is 0 Å². The molecule has 0 heterocycles. The van der Waals surface area contributed by atoms with Gasteiger partial charge in [0, 0.05) is 0 Å². The van der Waals surface area contributed by atoms with Crippen LogP contribution in [0.3, 0.4) is 0 Å². The fourth-order valence-electron chi connectivity index (χ4n) is 2.34. The second kappa shape index (κ2) is 3.34. The third-order valence-corrected chi connectivity index (χ3v) is 3.11. The average molecular weight is 164 g/mol. The molecular weight excluding hydrogens is 148 g/mol. The zero-order valence-electron chi connectivity index (χ0n) is 7.37. The van der Waals surface area contributed by atoms with Crippen LogP contribution in [0, 0.1) is 11.8 Å². The van der Waals surface area contributed by atoms with Crippen LogP contribution in [-0.4, -0.2) is 5.11 Å². The molecular formula is C11H16O. The van der Waals surface area contributed by atoms with Gasteiger partial charge >= 0.3 is 0 Å². The van der Waals surface area contributed by atoms with E-state index in [1.54, 1.807) is 0 Å². The SMILES string of the molecule is OC1=CC[C@H]2CCCCC2C=C1. The van der Waals surface area contributed by atoms with Gasteiger partial charge in [-0.05, 0) is 43.3 Å². The molecule has 1 fully saturated rings. The molecule has 2 rings (SSSR count). The molecule has 0 spiro atoms. The second-order valence-corrected chi connectivity index (χ2v) is 3.93. The Morgan fingerprint density at radius 2 is 2.08 bits per heavy atom. The monoisotopic (exact) mass is 164 g/mol. The van der Waals surface area contributed by atoms with Crippen LogP contribution in [0.15, 0.2) is 24.0 Å². The number of fused-ring (bicyclic) bond motifs is 1. The Morgan fingerprint density at radius 3 is 3.00 bits per heavy atom. The highest BCUT2D eigenvalue weighted by Gasteiger charge is 2.23. The Bertz CT molecular complexity index is 215. The summed E-state index contributed by atoms with van der Waals surface area (Å²) in [5.74, 6) is 2.00. The maximum atomic E-state index is 9.31. The van der Waals surface area contributed by atoms with Crippen molar-refractivity contribution >= 4 is 0 Å². The van der Waals surface area contributed by atoms with Crippen molar-refractivity contribution in [3.05, 3.63) is 24.0 Å². The first-order valence-electron chi connectivity index (χ1n) is 4.93. The van der Waals surface area contributed by atoms with E-state index in [0.717, 1.165) is 18.3 Å². The number of aliphatic hydroxyl groups is 1. The lowest BCUT2D eigenvalue weighted by Crippen LogP contribution is -2.16. The van der Waals surface area contributed by atoms with Crippen molar-refractivity contribution < 1.29 is 5.11 Å². The first-order valence-corrected chi connectivity index (χ1v) is 4.93. The highest BCUT2D eigenvalue weighted by atomic mass is 16.3. The molecule has 0 aromatic carbocycles. The summed E-state index contributed by atoms with van der Waals surface area (Å²) in [7, 11) is 0. The van der Waals surface area contributed by atoms with Crippen LogP contribution >= 0.6 is 0 Å². The molecule has 1 N–H and O–H groups in total. The molecule has 0 radical (unpaired) electrons. The maximum absolute atomic E-state index is 9.31. The van der Waals surface area contributed by atoms with E-state index in [1.807, 2.05) is 12.2 Å². The fourth-order valence-corrected chi connectivity index (χ4v) is 2.34. The summed E-state index contributed by atoms with van der Waals surface area (Å²) in [4.78, 5) is 0. The minimum Gasteiger partial charge on any atom is -0.508 e. The zero-order valence-corrected chi connectivity index (χ0v) is 7.37. The largest absolute Gasteiger partial charge is 0.508 e. The van der Waals surface area contributed by atoms with Crippen LogP contribution in [0.1, 0.15) is 32.1 Å². The van der Waals surface area contributed by atoms with Gasteiger partial charge in [-0.2, -0.15) is 0 Å². The number of aliphatic hydroxyl groups excluding tert-OH is 1. The van der Waals surface area contributed by atoms with Gasteiger partial charge in [-0.1, -0.05) is 18.9 Å². The lowest BCUT2D eigenvalue weighted by atomic mass is 9.78. The Hall–Kier alpha value is -0.720. The zero-order chi connectivity index (χ0) is 8.39. The van der Waals surface area contributed by atoms with E-state index in [-0.39, 0.29) is 0 Å². The van der Waals surface area contributed by atoms with Crippen LogP contribution in [0.2, 0.25) is 0 Å². The Balaban J connectivity index is 2.11. The van der Waals surface area contributed by atoms with Crippen molar-refractivity contribution in [1.29, 1.82) is 0 Å². The quantitative estimate of drug-likeness (QED) is 0.583. The summed E-state index contributed by atoms with van der Waals surface area (Å²) >= 11 is 0. The van der Waals surface area contributed by atoms with E-state index in [9.17, 15) is 5.11 Å². The molecule has 2 atom stereocenters. The number of hydrogen-bond donors (Lipinski definition) is 1. The molecule has 66 valence electrons. The van der Waals surface area contributed by atoms with Gasteiger partial charge in [-0.25, -0.2) is 0 Å². The third kappa shape index (κ3) is 1.55. The third-order valence-electron chi connectivity index (χ3n) is 3.11. The lowest BCUT2D eigenvalue weighted by molar-refractivity contribution is 0.287. The van der Waals surface area contributed by atoms with E-state index >= 15 is 0 Å². The van der Waals surface area contributed by atoms with Gasteiger partial charge in [0.2, 0.25) is 0 Å². The summed E-state index contributed by atoms with van der Waals surface area (Å²) in [6, 6.07) is 0. The normalized spacial score (nSPS) is 35.2. The molecule has 1 heteroatoms. The molecule has 2 aliphatic carbocycles. The van der Waals surface area contributed by atoms with Gasteiger partial charge in [-0.3, -0.25) is 0 Å². The summed E-state index contributed by atoms with van der Waals surface area (Å²) in [6.07, 6.45) is 12.5. The molecule has 0 amide bonds. The van der Waals surface area contributed by atoms with Crippen LogP contribution in [0.25, 0.3) is 0 Å². The molecule has 1 nitrogen and oxygen atoms in total.